The van der Waals surface area contributed by atoms with Gasteiger partial charge in [-0.15, -0.1) is 10.2 Å². The fraction of sp³-hybridized carbons (Fsp3) is 0.609. The third kappa shape index (κ3) is 5.52. The SMILES string of the molecule is CCNC(=NCc1nnc(C)n1C)NC1CCN(c2ccc(C(C)(C)C)cc2)CC1. The van der Waals surface area contributed by atoms with Crippen LogP contribution < -0.4 is 15.5 Å². The summed E-state index contributed by atoms with van der Waals surface area (Å²) in [6, 6.07) is 9.49. The second-order valence-electron chi connectivity index (χ2n) is 9.12. The first-order valence-corrected chi connectivity index (χ1v) is 11.0. The van der Waals surface area contributed by atoms with E-state index in [9.17, 15) is 0 Å². The summed E-state index contributed by atoms with van der Waals surface area (Å²) in [5, 5.41) is 15.3. The maximum atomic E-state index is 4.72. The van der Waals surface area contributed by atoms with Crippen LogP contribution in [0.4, 0.5) is 5.69 Å². The Morgan fingerprint density at radius 2 is 1.80 bits per heavy atom. The van der Waals surface area contributed by atoms with Gasteiger partial charge in [0.15, 0.2) is 11.8 Å². The molecular weight excluding hydrogens is 374 g/mol. The molecule has 0 saturated carbocycles. The van der Waals surface area contributed by atoms with Gasteiger partial charge in [0.2, 0.25) is 0 Å². The van der Waals surface area contributed by atoms with Gasteiger partial charge >= 0.3 is 0 Å². The highest BCUT2D eigenvalue weighted by Gasteiger charge is 2.21. The summed E-state index contributed by atoms with van der Waals surface area (Å²) in [4.78, 5) is 7.20. The van der Waals surface area contributed by atoms with Crippen LogP contribution in [-0.2, 0) is 19.0 Å². The van der Waals surface area contributed by atoms with E-state index in [0.717, 1.165) is 50.1 Å². The average molecular weight is 412 g/mol. The van der Waals surface area contributed by atoms with Crippen molar-refractivity contribution in [3.05, 3.63) is 41.5 Å². The largest absolute Gasteiger partial charge is 0.371 e. The molecule has 7 nitrogen and oxygen atoms in total. The Hall–Kier alpha value is -2.57. The molecular formula is C23H37N7. The first-order chi connectivity index (χ1) is 14.3. The van der Waals surface area contributed by atoms with Gasteiger partial charge in [-0.2, -0.15) is 0 Å². The van der Waals surface area contributed by atoms with Crippen LogP contribution in [0, 0.1) is 6.92 Å². The van der Waals surface area contributed by atoms with Gasteiger partial charge < -0.3 is 20.1 Å². The molecule has 30 heavy (non-hydrogen) atoms. The number of nitrogens with zero attached hydrogens (tertiary/aromatic N) is 5. The molecule has 0 atom stereocenters. The van der Waals surface area contributed by atoms with Crippen molar-refractivity contribution < 1.29 is 0 Å². The summed E-state index contributed by atoms with van der Waals surface area (Å²) in [7, 11) is 1.98. The Labute approximate surface area is 181 Å². The van der Waals surface area contributed by atoms with E-state index in [2.05, 4.69) is 77.7 Å². The highest BCUT2D eigenvalue weighted by Crippen LogP contribution is 2.26. The summed E-state index contributed by atoms with van der Waals surface area (Å²) >= 11 is 0. The normalized spacial score (nSPS) is 16.1. The number of aryl methyl sites for hydroxylation is 1. The second kappa shape index (κ2) is 9.49. The quantitative estimate of drug-likeness (QED) is 0.584. The molecule has 1 aliphatic heterocycles. The van der Waals surface area contributed by atoms with E-state index in [-0.39, 0.29) is 5.41 Å². The van der Waals surface area contributed by atoms with Crippen molar-refractivity contribution in [3.63, 3.8) is 0 Å². The smallest absolute Gasteiger partial charge is 0.191 e. The number of nitrogens with one attached hydrogen (secondary N) is 2. The molecule has 1 aliphatic rings. The molecule has 164 valence electrons. The van der Waals surface area contributed by atoms with Gasteiger partial charge in [0.05, 0.1) is 0 Å². The van der Waals surface area contributed by atoms with Crippen LogP contribution in [0.5, 0.6) is 0 Å². The predicted molar refractivity (Wildman–Crippen MR) is 124 cm³/mol. The molecule has 1 fully saturated rings. The zero-order valence-electron chi connectivity index (χ0n) is 19.4. The molecule has 1 saturated heterocycles. The van der Waals surface area contributed by atoms with Crippen molar-refractivity contribution in [1.29, 1.82) is 0 Å². The number of hydrogen-bond donors (Lipinski definition) is 2. The lowest BCUT2D eigenvalue weighted by Crippen LogP contribution is -2.48. The monoisotopic (exact) mass is 411 g/mol. The van der Waals surface area contributed by atoms with Crippen LogP contribution >= 0.6 is 0 Å². The van der Waals surface area contributed by atoms with Gasteiger partial charge in [-0.25, -0.2) is 4.99 Å². The molecule has 7 heteroatoms. The van der Waals surface area contributed by atoms with Crippen LogP contribution in [0.15, 0.2) is 29.3 Å². The molecule has 2 aromatic rings. The van der Waals surface area contributed by atoms with E-state index in [4.69, 9.17) is 4.99 Å². The number of hydrogen-bond acceptors (Lipinski definition) is 4. The van der Waals surface area contributed by atoms with Crippen LogP contribution in [0.3, 0.4) is 0 Å². The van der Waals surface area contributed by atoms with Crippen molar-refractivity contribution in [2.45, 2.75) is 65.5 Å². The number of piperidine rings is 1. The van der Waals surface area contributed by atoms with Crippen molar-refractivity contribution >= 4 is 11.6 Å². The van der Waals surface area contributed by atoms with Crippen molar-refractivity contribution in [3.8, 4) is 0 Å². The highest BCUT2D eigenvalue weighted by atomic mass is 15.3. The van der Waals surface area contributed by atoms with E-state index in [1.165, 1.54) is 11.3 Å². The second-order valence-corrected chi connectivity index (χ2v) is 9.12. The van der Waals surface area contributed by atoms with Gasteiger partial charge in [-0.05, 0) is 49.8 Å². The van der Waals surface area contributed by atoms with Gasteiger partial charge in [0, 0.05) is 38.4 Å². The molecule has 1 aromatic heterocycles. The van der Waals surface area contributed by atoms with Crippen LogP contribution in [-0.4, -0.2) is 46.4 Å². The van der Waals surface area contributed by atoms with Gasteiger partial charge in [0.1, 0.15) is 12.4 Å². The zero-order valence-corrected chi connectivity index (χ0v) is 19.4. The molecule has 0 radical (unpaired) electrons. The molecule has 0 unspecified atom stereocenters. The zero-order chi connectivity index (χ0) is 21.7. The number of aliphatic imine (C=N–C) groups is 1. The molecule has 2 heterocycles. The lowest BCUT2D eigenvalue weighted by Gasteiger charge is -2.35. The Morgan fingerprint density at radius 3 is 2.33 bits per heavy atom. The van der Waals surface area contributed by atoms with E-state index in [0.29, 0.717) is 12.6 Å². The molecule has 0 aliphatic carbocycles. The highest BCUT2D eigenvalue weighted by molar-refractivity contribution is 5.80. The summed E-state index contributed by atoms with van der Waals surface area (Å²) in [5.41, 5.74) is 2.90. The molecule has 1 aromatic carbocycles. The Balaban J connectivity index is 1.55. The lowest BCUT2D eigenvalue weighted by molar-refractivity contribution is 0.461. The van der Waals surface area contributed by atoms with Crippen LogP contribution in [0.1, 0.15) is 57.7 Å². The molecule has 3 rings (SSSR count). The van der Waals surface area contributed by atoms with Gasteiger partial charge in [-0.1, -0.05) is 32.9 Å². The summed E-state index contributed by atoms with van der Waals surface area (Å²) in [5.74, 6) is 2.63. The molecule has 0 bridgehead atoms. The van der Waals surface area contributed by atoms with Crippen molar-refractivity contribution in [2.75, 3.05) is 24.5 Å². The average Bonchev–Trinajstić information content (AvgIpc) is 3.04. The number of aromatic nitrogens is 3. The molecule has 2 N–H and O–H groups in total. The number of anilines is 1. The number of benzene rings is 1. The fourth-order valence-electron chi connectivity index (χ4n) is 3.71. The number of guanidine groups is 1. The lowest BCUT2D eigenvalue weighted by atomic mass is 9.87. The fourth-order valence-corrected chi connectivity index (χ4v) is 3.71. The topological polar surface area (TPSA) is 70.4 Å². The maximum absolute atomic E-state index is 4.72. The number of rotatable bonds is 5. The standard InChI is InChI=1S/C23H37N7/c1-7-24-22(25-16-21-28-27-17(2)29(21)6)26-19-12-14-30(15-13-19)20-10-8-18(9-11-20)23(3,4)5/h8-11,19H,7,12-16H2,1-6H3,(H2,24,25,26). The van der Waals surface area contributed by atoms with Gasteiger partial charge in [-0.3, -0.25) is 0 Å². The van der Waals surface area contributed by atoms with Crippen LogP contribution in [0.2, 0.25) is 0 Å². The predicted octanol–water partition coefficient (Wildman–Crippen LogP) is 3.15. The summed E-state index contributed by atoms with van der Waals surface area (Å²) in [6.45, 7) is 14.3. The van der Waals surface area contributed by atoms with E-state index < -0.39 is 0 Å². The Kier molecular flexibility index (Phi) is 7.00. The van der Waals surface area contributed by atoms with E-state index in [1.54, 1.807) is 0 Å². The van der Waals surface area contributed by atoms with Gasteiger partial charge in [0.25, 0.3) is 0 Å². The molecule has 0 amide bonds. The van der Waals surface area contributed by atoms with Crippen LogP contribution in [0.25, 0.3) is 0 Å². The Morgan fingerprint density at radius 1 is 1.13 bits per heavy atom. The third-order valence-corrected chi connectivity index (χ3v) is 5.84. The van der Waals surface area contributed by atoms with Crippen molar-refractivity contribution in [1.82, 2.24) is 25.4 Å². The summed E-state index contributed by atoms with van der Waals surface area (Å²) < 4.78 is 1.98. The molecule has 0 spiro atoms. The first-order valence-electron chi connectivity index (χ1n) is 11.0. The Bertz CT molecular complexity index is 837. The minimum Gasteiger partial charge on any atom is -0.371 e. The maximum Gasteiger partial charge on any atom is 0.191 e. The first kappa shape index (κ1) is 22.1. The summed E-state index contributed by atoms with van der Waals surface area (Å²) in [6.07, 6.45) is 2.18. The van der Waals surface area contributed by atoms with E-state index in [1.807, 2.05) is 18.5 Å². The van der Waals surface area contributed by atoms with Crippen molar-refractivity contribution in [2.24, 2.45) is 12.0 Å². The minimum absolute atomic E-state index is 0.196. The minimum atomic E-state index is 0.196. The third-order valence-electron chi connectivity index (χ3n) is 5.84. The van der Waals surface area contributed by atoms with E-state index >= 15 is 0 Å².